The highest BCUT2D eigenvalue weighted by molar-refractivity contribution is 6.14. The van der Waals surface area contributed by atoms with Crippen molar-refractivity contribution in [2.24, 2.45) is 7.05 Å². The highest BCUT2D eigenvalue weighted by atomic mass is 16.5. The first kappa shape index (κ1) is 17.8. The SMILES string of the molecule is CCOC(=O)c1c(CN(C)C)n(C)c2ccc(O)c(NC(C)=O)c12. The fourth-order valence-corrected chi connectivity index (χ4v) is 2.78. The number of aromatic nitrogens is 1. The molecule has 1 heterocycles. The molecule has 1 aromatic carbocycles. The average Bonchev–Trinajstić information content (AvgIpc) is 2.75. The van der Waals surface area contributed by atoms with Gasteiger partial charge in [-0.25, -0.2) is 4.79 Å². The Morgan fingerprint density at radius 2 is 2.00 bits per heavy atom. The molecule has 2 aromatic rings. The number of hydrogen-bond acceptors (Lipinski definition) is 5. The van der Waals surface area contributed by atoms with E-state index in [0.717, 1.165) is 11.2 Å². The summed E-state index contributed by atoms with van der Waals surface area (Å²) in [5.74, 6) is -0.895. The number of phenols is 1. The standard InChI is InChI=1S/C17H23N3O4/c1-6-24-17(23)15-12(9-19(3)4)20(5)11-7-8-13(22)16(14(11)15)18-10(2)21/h7-8,22H,6,9H2,1-5H3,(H,18,21). The Bertz CT molecular complexity index is 793. The van der Waals surface area contributed by atoms with Gasteiger partial charge in [-0.2, -0.15) is 0 Å². The fourth-order valence-electron chi connectivity index (χ4n) is 2.78. The smallest absolute Gasteiger partial charge is 0.340 e. The van der Waals surface area contributed by atoms with Crippen LogP contribution in [0.5, 0.6) is 5.75 Å². The van der Waals surface area contributed by atoms with E-state index < -0.39 is 5.97 Å². The van der Waals surface area contributed by atoms with Gasteiger partial charge in [0, 0.05) is 31.6 Å². The van der Waals surface area contributed by atoms with Gasteiger partial charge >= 0.3 is 5.97 Å². The normalized spacial score (nSPS) is 11.1. The summed E-state index contributed by atoms with van der Waals surface area (Å²) in [5, 5.41) is 13.3. The van der Waals surface area contributed by atoms with Crippen molar-refractivity contribution in [1.29, 1.82) is 0 Å². The number of aryl methyl sites for hydroxylation is 1. The first-order valence-corrected chi connectivity index (χ1v) is 7.70. The van der Waals surface area contributed by atoms with Crippen molar-refractivity contribution in [2.45, 2.75) is 20.4 Å². The van der Waals surface area contributed by atoms with Crippen molar-refractivity contribution in [3.8, 4) is 5.75 Å². The molecule has 24 heavy (non-hydrogen) atoms. The zero-order chi connectivity index (χ0) is 18.0. The van der Waals surface area contributed by atoms with Crippen molar-refractivity contribution in [2.75, 3.05) is 26.0 Å². The van der Waals surface area contributed by atoms with Crippen LogP contribution in [-0.2, 0) is 23.1 Å². The van der Waals surface area contributed by atoms with Crippen LogP contribution in [0, 0.1) is 0 Å². The summed E-state index contributed by atoms with van der Waals surface area (Å²) in [6, 6.07) is 3.22. The lowest BCUT2D eigenvalue weighted by atomic mass is 10.1. The molecule has 0 atom stereocenters. The van der Waals surface area contributed by atoms with Gasteiger partial charge < -0.3 is 24.6 Å². The maximum absolute atomic E-state index is 12.6. The van der Waals surface area contributed by atoms with Crippen LogP contribution < -0.4 is 5.32 Å². The van der Waals surface area contributed by atoms with E-state index in [2.05, 4.69) is 5.32 Å². The molecule has 0 aliphatic carbocycles. The number of carbonyl (C=O) groups is 2. The second kappa shape index (κ2) is 6.92. The van der Waals surface area contributed by atoms with E-state index in [0.29, 0.717) is 17.5 Å². The van der Waals surface area contributed by atoms with E-state index in [1.807, 2.05) is 30.6 Å². The maximum atomic E-state index is 12.6. The molecule has 7 heteroatoms. The molecule has 0 radical (unpaired) electrons. The molecule has 0 aliphatic rings. The first-order chi connectivity index (χ1) is 11.3. The first-order valence-electron chi connectivity index (χ1n) is 7.70. The Labute approximate surface area is 140 Å². The molecule has 0 unspecified atom stereocenters. The highest BCUT2D eigenvalue weighted by Crippen LogP contribution is 2.38. The molecule has 2 N–H and O–H groups in total. The minimum atomic E-state index is -0.475. The zero-order valence-corrected chi connectivity index (χ0v) is 14.6. The molecule has 0 spiro atoms. The number of amides is 1. The van der Waals surface area contributed by atoms with E-state index >= 15 is 0 Å². The molecule has 1 aromatic heterocycles. The van der Waals surface area contributed by atoms with Crippen LogP contribution in [-0.4, -0.2) is 47.2 Å². The summed E-state index contributed by atoms with van der Waals surface area (Å²) in [6.07, 6.45) is 0. The summed E-state index contributed by atoms with van der Waals surface area (Å²) in [6.45, 7) is 3.84. The number of carbonyl (C=O) groups excluding carboxylic acids is 2. The van der Waals surface area contributed by atoms with Crippen molar-refractivity contribution in [1.82, 2.24) is 9.47 Å². The van der Waals surface area contributed by atoms with Gasteiger partial charge in [0.25, 0.3) is 0 Å². The molecule has 0 saturated heterocycles. The molecule has 0 aliphatic heterocycles. The van der Waals surface area contributed by atoms with Crippen molar-refractivity contribution in [3.63, 3.8) is 0 Å². The Hall–Kier alpha value is -2.54. The highest BCUT2D eigenvalue weighted by Gasteiger charge is 2.26. The summed E-state index contributed by atoms with van der Waals surface area (Å²) in [5.41, 5.74) is 2.08. The van der Waals surface area contributed by atoms with Crippen molar-refractivity contribution in [3.05, 3.63) is 23.4 Å². The number of ether oxygens (including phenoxy) is 1. The van der Waals surface area contributed by atoms with Crippen LogP contribution in [0.25, 0.3) is 10.9 Å². The molecule has 1 amide bonds. The molecular formula is C17H23N3O4. The summed E-state index contributed by atoms with van der Waals surface area (Å²) in [7, 11) is 5.65. The topological polar surface area (TPSA) is 83.8 Å². The Morgan fingerprint density at radius 3 is 2.54 bits per heavy atom. The number of phenolic OH excluding ortho intramolecular Hbond substituents is 1. The van der Waals surface area contributed by atoms with Gasteiger partial charge in [-0.05, 0) is 33.2 Å². The third-order valence-corrected chi connectivity index (χ3v) is 3.71. The van der Waals surface area contributed by atoms with Crippen LogP contribution in [0.4, 0.5) is 5.69 Å². The lowest BCUT2D eigenvalue weighted by molar-refractivity contribution is -0.114. The largest absolute Gasteiger partial charge is 0.506 e. The molecule has 0 fully saturated rings. The summed E-state index contributed by atoms with van der Waals surface area (Å²) >= 11 is 0. The van der Waals surface area contributed by atoms with Crippen LogP contribution in [0.3, 0.4) is 0 Å². The number of nitrogens with zero attached hydrogens (tertiary/aromatic N) is 2. The number of hydrogen-bond donors (Lipinski definition) is 2. The van der Waals surface area contributed by atoms with E-state index in [-0.39, 0.29) is 24.0 Å². The fraction of sp³-hybridized carbons (Fsp3) is 0.412. The van der Waals surface area contributed by atoms with Gasteiger partial charge in [0.2, 0.25) is 5.91 Å². The minimum Gasteiger partial charge on any atom is -0.506 e. The molecule has 2 rings (SSSR count). The van der Waals surface area contributed by atoms with Gasteiger partial charge in [-0.1, -0.05) is 0 Å². The lowest BCUT2D eigenvalue weighted by Crippen LogP contribution is -2.17. The number of anilines is 1. The number of fused-ring (bicyclic) bond motifs is 1. The summed E-state index contributed by atoms with van der Waals surface area (Å²) < 4.78 is 7.09. The van der Waals surface area contributed by atoms with Gasteiger partial charge in [-0.15, -0.1) is 0 Å². The number of esters is 1. The number of benzene rings is 1. The van der Waals surface area contributed by atoms with Gasteiger partial charge in [0.1, 0.15) is 5.75 Å². The number of aromatic hydroxyl groups is 1. The zero-order valence-electron chi connectivity index (χ0n) is 14.6. The van der Waals surface area contributed by atoms with Crippen LogP contribution in [0.2, 0.25) is 0 Å². The van der Waals surface area contributed by atoms with Crippen LogP contribution in [0.1, 0.15) is 29.9 Å². The Balaban J connectivity index is 2.85. The Morgan fingerprint density at radius 1 is 1.33 bits per heavy atom. The molecule has 7 nitrogen and oxygen atoms in total. The second-order valence-electron chi connectivity index (χ2n) is 5.87. The van der Waals surface area contributed by atoms with E-state index in [4.69, 9.17) is 4.74 Å². The monoisotopic (exact) mass is 333 g/mol. The van der Waals surface area contributed by atoms with Crippen LogP contribution in [0.15, 0.2) is 12.1 Å². The van der Waals surface area contributed by atoms with Crippen molar-refractivity contribution < 1.29 is 19.4 Å². The number of rotatable bonds is 5. The average molecular weight is 333 g/mol. The van der Waals surface area contributed by atoms with Gasteiger partial charge in [0.05, 0.1) is 23.4 Å². The van der Waals surface area contributed by atoms with Crippen molar-refractivity contribution >= 4 is 28.5 Å². The molecule has 0 saturated carbocycles. The van der Waals surface area contributed by atoms with E-state index in [9.17, 15) is 14.7 Å². The van der Waals surface area contributed by atoms with Crippen LogP contribution >= 0.6 is 0 Å². The van der Waals surface area contributed by atoms with Gasteiger partial charge in [0.15, 0.2) is 0 Å². The molecule has 130 valence electrons. The third kappa shape index (κ3) is 3.21. The predicted octanol–water partition coefficient (Wildman–Crippen LogP) is 2.08. The van der Waals surface area contributed by atoms with E-state index in [1.165, 1.54) is 13.0 Å². The second-order valence-corrected chi connectivity index (χ2v) is 5.87. The quantitative estimate of drug-likeness (QED) is 0.646. The lowest BCUT2D eigenvalue weighted by Gasteiger charge is -2.13. The third-order valence-electron chi connectivity index (χ3n) is 3.71. The van der Waals surface area contributed by atoms with Gasteiger partial charge in [-0.3, -0.25) is 4.79 Å². The van der Waals surface area contributed by atoms with E-state index in [1.54, 1.807) is 13.0 Å². The predicted molar refractivity (Wildman–Crippen MR) is 92.2 cm³/mol. The number of nitrogens with one attached hydrogen (secondary N) is 1. The minimum absolute atomic E-state index is 0.0924. The molecule has 0 bridgehead atoms. The maximum Gasteiger partial charge on any atom is 0.340 e. The Kier molecular flexibility index (Phi) is 5.14. The summed E-state index contributed by atoms with van der Waals surface area (Å²) in [4.78, 5) is 26.0. The molecular weight excluding hydrogens is 310 g/mol.